The lowest BCUT2D eigenvalue weighted by atomic mass is 10.1. The molecule has 1 atom stereocenters. The smallest absolute Gasteiger partial charge is 0.251 e. The van der Waals surface area contributed by atoms with Gasteiger partial charge in [0.25, 0.3) is 5.91 Å². The van der Waals surface area contributed by atoms with Crippen LogP contribution in [0.15, 0.2) is 36.8 Å². The lowest BCUT2D eigenvalue weighted by molar-refractivity contribution is 0.0938. The second-order valence-electron chi connectivity index (χ2n) is 7.55. The van der Waals surface area contributed by atoms with Crippen molar-refractivity contribution in [2.45, 2.75) is 39.7 Å². The molecule has 1 fully saturated rings. The number of benzene rings is 1. The average Bonchev–Trinajstić information content (AvgIpc) is 3.45. The molecule has 1 aromatic carbocycles. The second-order valence-corrected chi connectivity index (χ2v) is 8.79. The predicted molar refractivity (Wildman–Crippen MR) is 113 cm³/mol. The largest absolute Gasteiger partial charge is 0.493 e. The van der Waals surface area contributed by atoms with E-state index in [9.17, 15) is 4.79 Å². The Morgan fingerprint density at radius 3 is 2.66 bits per heavy atom. The van der Waals surface area contributed by atoms with Crippen LogP contribution in [0.4, 0.5) is 0 Å². The fourth-order valence-electron chi connectivity index (χ4n) is 2.90. The molecule has 3 aromatic rings. The molecule has 29 heavy (non-hydrogen) atoms. The van der Waals surface area contributed by atoms with Gasteiger partial charge >= 0.3 is 0 Å². The van der Waals surface area contributed by atoms with Crippen LogP contribution in [0, 0.1) is 19.8 Å². The highest BCUT2D eigenvalue weighted by molar-refractivity contribution is 7.14. The van der Waals surface area contributed by atoms with Gasteiger partial charge in [0.2, 0.25) is 0 Å². The fraction of sp³-hybridized carbons (Fsp3) is 0.364. The lowest BCUT2D eigenvalue weighted by Gasteiger charge is -2.15. The Morgan fingerprint density at radius 1 is 1.17 bits per heavy atom. The summed E-state index contributed by atoms with van der Waals surface area (Å²) in [5, 5.41) is 3.89. The minimum absolute atomic E-state index is 0.175. The summed E-state index contributed by atoms with van der Waals surface area (Å²) in [5.74, 6) is 1.17. The quantitative estimate of drug-likeness (QED) is 0.623. The van der Waals surface area contributed by atoms with Gasteiger partial charge in [0.05, 0.1) is 30.2 Å². The van der Waals surface area contributed by atoms with Gasteiger partial charge in [0, 0.05) is 28.4 Å². The maximum Gasteiger partial charge on any atom is 0.251 e. The number of nitrogens with one attached hydrogen (secondary N) is 1. The van der Waals surface area contributed by atoms with Crippen LogP contribution in [0.1, 0.15) is 52.4 Å². The molecule has 1 N–H and O–H groups in total. The van der Waals surface area contributed by atoms with E-state index in [0.29, 0.717) is 23.8 Å². The van der Waals surface area contributed by atoms with Crippen LogP contribution in [0.25, 0.3) is 10.6 Å². The first-order valence-corrected chi connectivity index (χ1v) is 10.6. The van der Waals surface area contributed by atoms with Crippen molar-refractivity contribution in [2.24, 2.45) is 5.92 Å². The van der Waals surface area contributed by atoms with Gasteiger partial charge in [0.15, 0.2) is 0 Å². The number of aryl methyl sites for hydroxylation is 2. The number of ether oxygens (including phenoxy) is 1. The molecule has 1 unspecified atom stereocenters. The summed E-state index contributed by atoms with van der Waals surface area (Å²) >= 11 is 1.60. The first-order chi connectivity index (χ1) is 14.0. The number of hydrogen-bond donors (Lipinski definition) is 1. The first-order valence-electron chi connectivity index (χ1n) is 9.78. The summed E-state index contributed by atoms with van der Waals surface area (Å²) in [6.07, 6.45) is 7.67. The summed E-state index contributed by atoms with van der Waals surface area (Å²) in [7, 11) is 0. The van der Waals surface area contributed by atoms with Crippen molar-refractivity contribution < 1.29 is 9.53 Å². The van der Waals surface area contributed by atoms with E-state index in [0.717, 1.165) is 26.8 Å². The summed E-state index contributed by atoms with van der Waals surface area (Å²) in [5.41, 5.74) is 3.01. The van der Waals surface area contributed by atoms with Crippen LogP contribution < -0.4 is 10.1 Å². The minimum Gasteiger partial charge on any atom is -0.493 e. The van der Waals surface area contributed by atoms with Crippen molar-refractivity contribution in [2.75, 3.05) is 6.61 Å². The van der Waals surface area contributed by atoms with Crippen LogP contribution in [-0.4, -0.2) is 27.5 Å². The van der Waals surface area contributed by atoms with Crippen molar-refractivity contribution >= 4 is 17.2 Å². The van der Waals surface area contributed by atoms with Crippen molar-refractivity contribution in [1.82, 2.24) is 20.3 Å². The Balaban J connectivity index is 1.57. The molecule has 1 aliphatic rings. The van der Waals surface area contributed by atoms with Crippen LogP contribution in [-0.2, 0) is 0 Å². The number of thiazole rings is 1. The molecule has 6 nitrogen and oxygen atoms in total. The fourth-order valence-corrected chi connectivity index (χ4v) is 3.66. The summed E-state index contributed by atoms with van der Waals surface area (Å²) in [4.78, 5) is 27.2. The molecule has 2 aromatic heterocycles. The van der Waals surface area contributed by atoms with Gasteiger partial charge in [-0.1, -0.05) is 0 Å². The van der Waals surface area contributed by atoms with Gasteiger partial charge in [-0.3, -0.25) is 14.8 Å². The zero-order valence-electron chi connectivity index (χ0n) is 16.8. The highest BCUT2D eigenvalue weighted by atomic mass is 32.1. The number of aromatic nitrogens is 3. The third-order valence-corrected chi connectivity index (χ3v) is 5.77. The van der Waals surface area contributed by atoms with Gasteiger partial charge in [-0.25, -0.2) is 4.98 Å². The second kappa shape index (κ2) is 8.29. The van der Waals surface area contributed by atoms with Crippen molar-refractivity contribution in [1.29, 1.82) is 0 Å². The molecule has 150 valence electrons. The normalized spacial score (nSPS) is 14.4. The molecule has 0 aliphatic heterocycles. The third kappa shape index (κ3) is 4.98. The standard InChI is InChI=1S/C22H24N4O2S/c1-13-9-24-20(11-23-13)15(3)26-21(27)17-6-18(22-25-10-14(2)29-22)8-19(7-17)28-12-16-4-5-16/h6-11,15-16H,4-5,12H2,1-3H3,(H,26,27). The Morgan fingerprint density at radius 2 is 2.00 bits per heavy atom. The summed E-state index contributed by atoms with van der Waals surface area (Å²) in [6, 6.07) is 5.38. The highest BCUT2D eigenvalue weighted by Crippen LogP contribution is 2.32. The van der Waals surface area contributed by atoms with Gasteiger partial charge in [-0.15, -0.1) is 11.3 Å². The maximum absolute atomic E-state index is 13.0. The van der Waals surface area contributed by atoms with E-state index in [1.165, 1.54) is 12.8 Å². The third-order valence-electron chi connectivity index (χ3n) is 4.81. The van der Waals surface area contributed by atoms with E-state index < -0.39 is 0 Å². The predicted octanol–water partition coefficient (Wildman–Crippen LogP) is 4.50. The molecule has 0 saturated heterocycles. The minimum atomic E-state index is -0.253. The molecular formula is C22H24N4O2S. The molecule has 1 aliphatic carbocycles. The van der Waals surface area contributed by atoms with Gasteiger partial charge in [-0.2, -0.15) is 0 Å². The molecule has 4 rings (SSSR count). The molecular weight excluding hydrogens is 384 g/mol. The number of hydrogen-bond acceptors (Lipinski definition) is 6. The number of nitrogens with zero attached hydrogens (tertiary/aromatic N) is 3. The maximum atomic E-state index is 13.0. The van der Waals surface area contributed by atoms with Crippen LogP contribution in [0.3, 0.4) is 0 Å². The van der Waals surface area contributed by atoms with E-state index >= 15 is 0 Å². The zero-order valence-corrected chi connectivity index (χ0v) is 17.6. The molecule has 0 bridgehead atoms. The Bertz CT molecular complexity index is 1010. The van der Waals surface area contributed by atoms with Crippen molar-refractivity contribution in [3.8, 4) is 16.3 Å². The Kier molecular flexibility index (Phi) is 5.58. The summed E-state index contributed by atoms with van der Waals surface area (Å²) in [6.45, 7) is 6.49. The van der Waals surface area contributed by atoms with Crippen LogP contribution >= 0.6 is 11.3 Å². The zero-order chi connectivity index (χ0) is 20.4. The molecule has 2 heterocycles. The van der Waals surface area contributed by atoms with Crippen LogP contribution in [0.2, 0.25) is 0 Å². The van der Waals surface area contributed by atoms with Gasteiger partial charge in [0.1, 0.15) is 10.8 Å². The highest BCUT2D eigenvalue weighted by Gasteiger charge is 2.22. The monoisotopic (exact) mass is 408 g/mol. The molecule has 0 radical (unpaired) electrons. The first kappa shape index (κ1) is 19.5. The summed E-state index contributed by atoms with van der Waals surface area (Å²) < 4.78 is 5.97. The van der Waals surface area contributed by atoms with Crippen LogP contribution in [0.5, 0.6) is 5.75 Å². The Labute approximate surface area is 174 Å². The average molecular weight is 409 g/mol. The van der Waals surface area contributed by atoms with E-state index in [1.807, 2.05) is 39.1 Å². The molecule has 0 spiro atoms. The molecule has 1 amide bonds. The van der Waals surface area contributed by atoms with E-state index in [1.54, 1.807) is 29.8 Å². The number of amides is 1. The van der Waals surface area contributed by atoms with Crippen molar-refractivity contribution in [3.05, 3.63) is 58.6 Å². The van der Waals surface area contributed by atoms with Gasteiger partial charge < -0.3 is 10.1 Å². The Hall–Kier alpha value is -2.80. The molecule has 1 saturated carbocycles. The van der Waals surface area contributed by atoms with E-state index in [4.69, 9.17) is 4.74 Å². The van der Waals surface area contributed by atoms with Crippen molar-refractivity contribution in [3.63, 3.8) is 0 Å². The number of carbonyl (C=O) groups is 1. The number of carbonyl (C=O) groups excluding carboxylic acids is 1. The SMILES string of the molecule is Cc1cnc(C(C)NC(=O)c2cc(OCC3CC3)cc(-c3ncc(C)s3)c2)cn1. The van der Waals surface area contributed by atoms with E-state index in [-0.39, 0.29) is 11.9 Å². The van der Waals surface area contributed by atoms with Gasteiger partial charge in [-0.05, 0) is 57.7 Å². The molecule has 7 heteroatoms. The topological polar surface area (TPSA) is 77.0 Å². The lowest BCUT2D eigenvalue weighted by Crippen LogP contribution is -2.27. The number of rotatable bonds is 7. The van der Waals surface area contributed by atoms with E-state index in [2.05, 4.69) is 20.3 Å².